The van der Waals surface area contributed by atoms with Gasteiger partial charge in [-0.25, -0.2) is 0 Å². The van der Waals surface area contributed by atoms with E-state index < -0.39 is 0 Å². The Morgan fingerprint density at radius 2 is 1.95 bits per heavy atom. The number of nitrogens with two attached hydrogens (primary N) is 2. The van der Waals surface area contributed by atoms with Crippen molar-refractivity contribution in [2.24, 2.45) is 5.73 Å². The molecule has 0 fully saturated rings. The quantitative estimate of drug-likeness (QED) is 0.512. The number of aromatic hydroxyl groups is 1. The number of hydrogen-bond acceptors (Lipinski definition) is 4. The lowest BCUT2D eigenvalue weighted by Crippen LogP contribution is -2.02. The van der Waals surface area contributed by atoms with E-state index in [0.717, 1.165) is 11.1 Å². The molecule has 114 valence electrons. The van der Waals surface area contributed by atoms with E-state index in [1.807, 2.05) is 13.0 Å². The molecule has 0 atom stereocenters. The number of rotatable bonds is 3. The van der Waals surface area contributed by atoms with Gasteiger partial charge in [-0.05, 0) is 55.3 Å². The van der Waals surface area contributed by atoms with E-state index in [9.17, 15) is 5.11 Å². The highest BCUT2D eigenvalue weighted by atomic mass is 35.5. The predicted molar refractivity (Wildman–Crippen MR) is 92.5 cm³/mol. The first-order chi connectivity index (χ1) is 10.3. The maximum absolute atomic E-state index is 10.5. The van der Waals surface area contributed by atoms with Gasteiger partial charge in [0.25, 0.3) is 0 Å². The SMILES string of the molecule is C/C(N)=C/C(=N)c1cc(C)cc(-c2ccc(N)c(Cl)c2)c1O. The Balaban J connectivity index is 2.62. The Morgan fingerprint density at radius 1 is 1.27 bits per heavy atom. The summed E-state index contributed by atoms with van der Waals surface area (Å²) in [5, 5.41) is 19.0. The molecule has 0 aliphatic carbocycles. The van der Waals surface area contributed by atoms with Gasteiger partial charge in [0.2, 0.25) is 0 Å². The minimum Gasteiger partial charge on any atom is -0.507 e. The van der Waals surface area contributed by atoms with Crippen LogP contribution in [0.3, 0.4) is 0 Å². The fourth-order valence-electron chi connectivity index (χ4n) is 2.20. The van der Waals surface area contributed by atoms with Crippen LogP contribution in [0.2, 0.25) is 5.02 Å². The summed E-state index contributed by atoms with van der Waals surface area (Å²) >= 11 is 6.05. The van der Waals surface area contributed by atoms with E-state index in [1.165, 1.54) is 6.08 Å². The molecule has 0 radical (unpaired) electrons. The molecule has 5 heteroatoms. The van der Waals surface area contributed by atoms with Crippen molar-refractivity contribution >= 4 is 23.0 Å². The van der Waals surface area contributed by atoms with Gasteiger partial charge >= 0.3 is 0 Å². The van der Waals surface area contributed by atoms with Crippen molar-refractivity contribution in [1.82, 2.24) is 0 Å². The lowest BCUT2D eigenvalue weighted by atomic mass is 9.96. The predicted octanol–water partition coefficient (Wildman–Crippen LogP) is 3.83. The number of phenolic OH excluding ortho intramolecular Hbond substituents is 1. The molecule has 0 aromatic heterocycles. The second-order valence-corrected chi connectivity index (χ2v) is 5.65. The van der Waals surface area contributed by atoms with Crippen molar-refractivity contribution in [2.45, 2.75) is 13.8 Å². The monoisotopic (exact) mass is 315 g/mol. The average Bonchev–Trinajstić information content (AvgIpc) is 2.43. The highest BCUT2D eigenvalue weighted by molar-refractivity contribution is 6.33. The van der Waals surface area contributed by atoms with Crippen molar-refractivity contribution in [2.75, 3.05) is 5.73 Å². The molecule has 2 rings (SSSR count). The number of hydrogen-bond donors (Lipinski definition) is 4. The molecule has 0 aliphatic heterocycles. The molecule has 0 saturated carbocycles. The van der Waals surface area contributed by atoms with Gasteiger partial charge in [0, 0.05) is 16.8 Å². The first-order valence-electron chi connectivity index (χ1n) is 6.71. The number of allylic oxidation sites excluding steroid dienone is 2. The molecule has 2 aromatic rings. The molecule has 0 saturated heterocycles. The van der Waals surface area contributed by atoms with Gasteiger partial charge < -0.3 is 22.0 Å². The van der Waals surface area contributed by atoms with E-state index >= 15 is 0 Å². The van der Waals surface area contributed by atoms with Crippen LogP contribution in [0, 0.1) is 12.3 Å². The number of phenols is 1. The van der Waals surface area contributed by atoms with E-state index in [0.29, 0.717) is 27.5 Å². The minimum atomic E-state index is 0.0222. The van der Waals surface area contributed by atoms with Crippen LogP contribution in [0.5, 0.6) is 5.75 Å². The largest absolute Gasteiger partial charge is 0.507 e. The van der Waals surface area contributed by atoms with Gasteiger partial charge in [0.1, 0.15) is 5.75 Å². The third-order valence-corrected chi connectivity index (χ3v) is 3.56. The van der Waals surface area contributed by atoms with Crippen LogP contribution in [-0.2, 0) is 0 Å². The Bertz CT molecular complexity index is 778. The first-order valence-corrected chi connectivity index (χ1v) is 7.09. The van der Waals surface area contributed by atoms with E-state index in [2.05, 4.69) is 0 Å². The Kier molecular flexibility index (Phi) is 4.43. The van der Waals surface area contributed by atoms with Crippen LogP contribution < -0.4 is 11.5 Å². The highest BCUT2D eigenvalue weighted by Gasteiger charge is 2.14. The summed E-state index contributed by atoms with van der Waals surface area (Å²) in [5.74, 6) is 0.0222. The highest BCUT2D eigenvalue weighted by Crippen LogP contribution is 2.36. The van der Waals surface area contributed by atoms with E-state index in [4.69, 9.17) is 28.5 Å². The van der Waals surface area contributed by atoms with Gasteiger partial charge in [-0.1, -0.05) is 17.7 Å². The summed E-state index contributed by atoms with van der Waals surface area (Å²) in [4.78, 5) is 0. The molecule has 0 bridgehead atoms. The number of halogens is 1. The first kappa shape index (κ1) is 15.9. The van der Waals surface area contributed by atoms with Crippen molar-refractivity contribution in [3.8, 4) is 16.9 Å². The van der Waals surface area contributed by atoms with Crippen molar-refractivity contribution in [1.29, 1.82) is 5.41 Å². The maximum atomic E-state index is 10.5. The zero-order valence-electron chi connectivity index (χ0n) is 12.4. The van der Waals surface area contributed by atoms with Crippen molar-refractivity contribution in [3.05, 3.63) is 58.3 Å². The molecule has 4 nitrogen and oxygen atoms in total. The summed E-state index contributed by atoms with van der Waals surface area (Å²) in [6, 6.07) is 8.76. The number of nitrogens with one attached hydrogen (secondary N) is 1. The molecule has 22 heavy (non-hydrogen) atoms. The topological polar surface area (TPSA) is 96.1 Å². The van der Waals surface area contributed by atoms with Gasteiger partial charge in [0.05, 0.1) is 16.4 Å². The average molecular weight is 316 g/mol. The van der Waals surface area contributed by atoms with Crippen molar-refractivity contribution < 1.29 is 5.11 Å². The van der Waals surface area contributed by atoms with Gasteiger partial charge in [0.15, 0.2) is 0 Å². The molecule has 6 N–H and O–H groups in total. The number of benzene rings is 2. The van der Waals surface area contributed by atoms with Crippen LogP contribution in [0.25, 0.3) is 11.1 Å². The standard InChI is InChI=1S/C17H18ClN3O/c1-9-5-12(11-3-4-15(20)14(18)8-11)17(22)13(6-9)16(21)7-10(2)19/h3-8,21-22H,19-20H2,1-2H3/b10-7-,21-16?. The molecule has 0 heterocycles. The fraction of sp³-hybridized carbons (Fsp3) is 0.118. The Hall–Kier alpha value is -2.46. The third-order valence-electron chi connectivity index (χ3n) is 3.23. The third kappa shape index (κ3) is 3.23. The second-order valence-electron chi connectivity index (χ2n) is 5.25. The van der Waals surface area contributed by atoms with Crippen LogP contribution in [-0.4, -0.2) is 10.8 Å². The van der Waals surface area contributed by atoms with Crippen molar-refractivity contribution in [3.63, 3.8) is 0 Å². The summed E-state index contributed by atoms with van der Waals surface area (Å²) in [6.07, 6.45) is 1.51. The zero-order chi connectivity index (χ0) is 16.4. The number of anilines is 1. The summed E-state index contributed by atoms with van der Waals surface area (Å²) in [6.45, 7) is 3.60. The smallest absolute Gasteiger partial charge is 0.132 e. The second kappa shape index (κ2) is 6.12. The zero-order valence-corrected chi connectivity index (χ0v) is 13.2. The molecule has 0 unspecified atom stereocenters. The number of aryl methyl sites for hydroxylation is 1. The van der Waals surface area contributed by atoms with Crippen LogP contribution in [0.15, 0.2) is 42.1 Å². The summed E-state index contributed by atoms with van der Waals surface area (Å²) < 4.78 is 0. The summed E-state index contributed by atoms with van der Waals surface area (Å²) in [5.41, 5.74) is 15.2. The number of nitrogen functional groups attached to an aromatic ring is 1. The van der Waals surface area contributed by atoms with E-state index in [1.54, 1.807) is 31.2 Å². The van der Waals surface area contributed by atoms with Crippen LogP contribution in [0.4, 0.5) is 5.69 Å². The van der Waals surface area contributed by atoms with Gasteiger partial charge in [-0.2, -0.15) is 0 Å². The van der Waals surface area contributed by atoms with E-state index in [-0.39, 0.29) is 11.5 Å². The molecule has 0 amide bonds. The molecule has 2 aromatic carbocycles. The lowest BCUT2D eigenvalue weighted by molar-refractivity contribution is 0.476. The molecular formula is C17H18ClN3O. The fourth-order valence-corrected chi connectivity index (χ4v) is 2.38. The Morgan fingerprint density at radius 3 is 2.55 bits per heavy atom. The Labute approximate surface area is 134 Å². The maximum Gasteiger partial charge on any atom is 0.132 e. The van der Waals surface area contributed by atoms with Crippen LogP contribution in [0.1, 0.15) is 18.1 Å². The van der Waals surface area contributed by atoms with Crippen LogP contribution >= 0.6 is 11.6 Å². The molecule has 0 spiro atoms. The molecule has 0 aliphatic rings. The van der Waals surface area contributed by atoms with Gasteiger partial charge in [-0.15, -0.1) is 0 Å². The normalized spacial score (nSPS) is 11.5. The van der Waals surface area contributed by atoms with Gasteiger partial charge in [-0.3, -0.25) is 0 Å². The molecular weight excluding hydrogens is 298 g/mol. The minimum absolute atomic E-state index is 0.0222. The lowest BCUT2D eigenvalue weighted by Gasteiger charge is -2.12. The summed E-state index contributed by atoms with van der Waals surface area (Å²) in [7, 11) is 0.